The minimum absolute atomic E-state index is 0.238. The molecule has 0 bridgehead atoms. The van der Waals surface area contributed by atoms with E-state index in [1.54, 1.807) is 0 Å². The Labute approximate surface area is 233 Å². The fourth-order valence-electron chi connectivity index (χ4n) is 7.33. The van der Waals surface area contributed by atoms with Gasteiger partial charge in [0.1, 0.15) is 6.04 Å². The highest BCUT2D eigenvalue weighted by atomic mass is 16.2. The Balaban J connectivity index is 1.21. The predicted molar refractivity (Wildman–Crippen MR) is 155 cm³/mol. The van der Waals surface area contributed by atoms with Crippen LogP contribution in [0, 0.1) is 17.8 Å². The summed E-state index contributed by atoms with van der Waals surface area (Å²) in [5.74, 6) is 1.80. The molecule has 0 aliphatic carbocycles. The van der Waals surface area contributed by atoms with Gasteiger partial charge < -0.3 is 24.9 Å². The number of nitrogens with zero attached hydrogens (tertiary/aromatic N) is 4. The van der Waals surface area contributed by atoms with E-state index in [1.165, 1.54) is 76.1 Å². The molecule has 3 amide bonds. The highest BCUT2D eigenvalue weighted by molar-refractivity contribution is 6.05. The predicted octanol–water partition coefficient (Wildman–Crippen LogP) is 2.45. The molecule has 1 aromatic rings. The van der Waals surface area contributed by atoms with Crippen molar-refractivity contribution in [3.05, 3.63) is 18.2 Å². The average Bonchev–Trinajstić information content (AvgIpc) is 2.95. The summed E-state index contributed by atoms with van der Waals surface area (Å²) in [6.07, 6.45) is 9.00. The van der Waals surface area contributed by atoms with Crippen molar-refractivity contribution in [1.29, 1.82) is 0 Å². The zero-order chi connectivity index (χ0) is 27.4. The molecule has 5 rings (SSSR count). The highest BCUT2D eigenvalue weighted by Gasteiger charge is 2.35. The number of anilines is 3. The van der Waals surface area contributed by atoms with Crippen molar-refractivity contribution in [3.8, 4) is 0 Å². The maximum atomic E-state index is 12.6. The third kappa shape index (κ3) is 6.40. The molecule has 1 unspecified atom stereocenters. The fourth-order valence-corrected chi connectivity index (χ4v) is 7.33. The van der Waals surface area contributed by atoms with Crippen LogP contribution >= 0.6 is 0 Å². The van der Waals surface area contributed by atoms with E-state index < -0.39 is 11.9 Å². The summed E-state index contributed by atoms with van der Waals surface area (Å²) in [6.45, 7) is 8.16. The lowest BCUT2D eigenvalue weighted by molar-refractivity contribution is -0.134. The van der Waals surface area contributed by atoms with Gasteiger partial charge in [0.2, 0.25) is 18.2 Å². The van der Waals surface area contributed by atoms with Crippen LogP contribution in [-0.4, -0.2) is 89.1 Å². The van der Waals surface area contributed by atoms with Gasteiger partial charge in [-0.1, -0.05) is 6.07 Å². The van der Waals surface area contributed by atoms with Crippen LogP contribution in [0.1, 0.15) is 51.4 Å². The fraction of sp³-hybridized carbons (Fsp3) is 0.700. The highest BCUT2D eigenvalue weighted by Crippen LogP contribution is 2.41. The van der Waals surface area contributed by atoms with Crippen molar-refractivity contribution in [2.75, 3.05) is 74.6 Å². The van der Waals surface area contributed by atoms with E-state index in [-0.39, 0.29) is 12.3 Å². The van der Waals surface area contributed by atoms with Crippen molar-refractivity contribution in [3.63, 3.8) is 0 Å². The second-order valence-corrected chi connectivity index (χ2v) is 12.2. The SMILES string of the molecule is CN(C)c1c(N2CCC(C3CCN(CC4CCNCC4)CC3)CC2)cccc1N(C=O)C1CCC(=O)NC1=O. The quantitative estimate of drug-likeness (QED) is 0.388. The number of likely N-dealkylation sites (tertiary alicyclic amines) is 1. The Bertz CT molecular complexity index is 1010. The van der Waals surface area contributed by atoms with Crippen LogP contribution in [0.3, 0.4) is 0 Å². The molecule has 9 nitrogen and oxygen atoms in total. The van der Waals surface area contributed by atoms with Gasteiger partial charge in [0.25, 0.3) is 0 Å². The van der Waals surface area contributed by atoms with Crippen molar-refractivity contribution >= 4 is 35.3 Å². The number of rotatable bonds is 8. The summed E-state index contributed by atoms with van der Waals surface area (Å²) < 4.78 is 0. The molecule has 1 atom stereocenters. The number of carbonyl (C=O) groups is 3. The first-order chi connectivity index (χ1) is 18.9. The Morgan fingerprint density at radius 3 is 2.21 bits per heavy atom. The van der Waals surface area contributed by atoms with E-state index in [2.05, 4.69) is 26.5 Å². The Hall–Kier alpha value is -2.65. The molecule has 9 heteroatoms. The Kier molecular flexibility index (Phi) is 9.07. The summed E-state index contributed by atoms with van der Waals surface area (Å²) in [5, 5.41) is 5.88. The Morgan fingerprint density at radius 2 is 1.59 bits per heavy atom. The van der Waals surface area contributed by atoms with Gasteiger partial charge in [-0.3, -0.25) is 19.7 Å². The number of para-hydroxylation sites is 1. The molecular formula is C30H46N6O3. The molecule has 4 fully saturated rings. The second kappa shape index (κ2) is 12.7. The van der Waals surface area contributed by atoms with E-state index in [9.17, 15) is 14.4 Å². The van der Waals surface area contributed by atoms with Gasteiger partial charge in [0, 0.05) is 40.2 Å². The van der Waals surface area contributed by atoms with Crippen LogP contribution in [0.25, 0.3) is 0 Å². The van der Waals surface area contributed by atoms with Crippen molar-refractivity contribution in [1.82, 2.24) is 15.5 Å². The molecule has 4 heterocycles. The average molecular weight is 539 g/mol. The van der Waals surface area contributed by atoms with E-state index >= 15 is 0 Å². The van der Waals surface area contributed by atoms with E-state index in [4.69, 9.17) is 0 Å². The van der Waals surface area contributed by atoms with Gasteiger partial charge in [-0.2, -0.15) is 0 Å². The molecular weight excluding hydrogens is 492 g/mol. The second-order valence-electron chi connectivity index (χ2n) is 12.2. The number of amides is 3. The smallest absolute Gasteiger partial charge is 0.249 e. The van der Waals surface area contributed by atoms with Crippen molar-refractivity contribution in [2.45, 2.75) is 57.4 Å². The maximum Gasteiger partial charge on any atom is 0.249 e. The van der Waals surface area contributed by atoms with Gasteiger partial charge in [-0.15, -0.1) is 0 Å². The molecule has 4 saturated heterocycles. The van der Waals surface area contributed by atoms with Gasteiger partial charge >= 0.3 is 0 Å². The minimum Gasteiger partial charge on any atom is -0.374 e. The number of piperidine rings is 4. The topological polar surface area (TPSA) is 88.2 Å². The standard InChI is InChI=1S/C30H46N6O3/c1-33(2)29-25(4-3-5-26(29)36(21-37)27-6-7-28(38)32-30(27)39)35-18-12-24(13-19-35)23-10-16-34(17-11-23)20-22-8-14-31-15-9-22/h3-5,21-24,27,31H,6-20H2,1-2H3,(H,32,38,39). The molecule has 0 saturated carbocycles. The van der Waals surface area contributed by atoms with Crippen molar-refractivity contribution < 1.29 is 14.4 Å². The molecule has 0 radical (unpaired) electrons. The number of hydrogen-bond acceptors (Lipinski definition) is 7. The Morgan fingerprint density at radius 1 is 0.923 bits per heavy atom. The summed E-state index contributed by atoms with van der Waals surface area (Å²) in [7, 11) is 3.97. The van der Waals surface area contributed by atoms with E-state index in [0.717, 1.165) is 48.6 Å². The normalized spacial score (nSPS) is 24.5. The van der Waals surface area contributed by atoms with Gasteiger partial charge in [0.05, 0.1) is 17.1 Å². The number of carbonyl (C=O) groups excluding carboxylic acids is 3. The number of imide groups is 1. The molecule has 1 aromatic carbocycles. The molecule has 4 aliphatic rings. The van der Waals surface area contributed by atoms with Crippen LogP contribution in [0.4, 0.5) is 17.1 Å². The zero-order valence-corrected chi connectivity index (χ0v) is 23.7. The largest absolute Gasteiger partial charge is 0.374 e. The molecule has 0 spiro atoms. The molecule has 2 N–H and O–H groups in total. The summed E-state index contributed by atoms with van der Waals surface area (Å²) in [6, 6.07) is 5.33. The molecule has 214 valence electrons. The number of hydrogen-bond donors (Lipinski definition) is 2. The van der Waals surface area contributed by atoms with Crippen LogP contribution < -0.4 is 25.3 Å². The number of nitrogens with one attached hydrogen (secondary N) is 2. The van der Waals surface area contributed by atoms with Crippen LogP contribution in [0.15, 0.2) is 18.2 Å². The zero-order valence-electron chi connectivity index (χ0n) is 23.7. The molecule has 4 aliphatic heterocycles. The maximum absolute atomic E-state index is 12.6. The van der Waals surface area contributed by atoms with Gasteiger partial charge in [-0.05, 0) is 101 Å². The van der Waals surface area contributed by atoms with Crippen LogP contribution in [-0.2, 0) is 14.4 Å². The first-order valence-corrected chi connectivity index (χ1v) is 15.0. The summed E-state index contributed by atoms with van der Waals surface area (Å²) in [5.41, 5.74) is 2.76. The third-order valence-electron chi connectivity index (χ3n) is 9.53. The number of benzene rings is 1. The minimum atomic E-state index is -0.680. The third-order valence-corrected chi connectivity index (χ3v) is 9.53. The van der Waals surface area contributed by atoms with Crippen LogP contribution in [0.2, 0.25) is 0 Å². The van der Waals surface area contributed by atoms with Crippen LogP contribution in [0.5, 0.6) is 0 Å². The lowest BCUT2D eigenvalue weighted by atomic mass is 9.78. The first kappa shape index (κ1) is 27.9. The first-order valence-electron chi connectivity index (χ1n) is 15.0. The lowest BCUT2D eigenvalue weighted by Crippen LogP contribution is -2.52. The summed E-state index contributed by atoms with van der Waals surface area (Å²) in [4.78, 5) is 45.3. The summed E-state index contributed by atoms with van der Waals surface area (Å²) >= 11 is 0. The molecule has 0 aromatic heterocycles. The van der Waals surface area contributed by atoms with Crippen molar-refractivity contribution in [2.24, 2.45) is 17.8 Å². The van der Waals surface area contributed by atoms with Gasteiger partial charge in [0.15, 0.2) is 0 Å². The monoisotopic (exact) mass is 538 g/mol. The van der Waals surface area contributed by atoms with E-state index in [0.29, 0.717) is 12.1 Å². The molecule has 39 heavy (non-hydrogen) atoms. The van der Waals surface area contributed by atoms with E-state index in [1.807, 2.05) is 31.1 Å². The van der Waals surface area contributed by atoms with Gasteiger partial charge in [-0.25, -0.2) is 0 Å². The lowest BCUT2D eigenvalue weighted by Gasteiger charge is -2.42.